The number of hydrogen-bond acceptors (Lipinski definition) is 5. The van der Waals surface area contributed by atoms with Crippen LogP contribution in [-0.4, -0.2) is 31.3 Å². The normalized spacial score (nSPS) is 11.5. The van der Waals surface area contributed by atoms with Crippen LogP contribution in [0, 0.1) is 0 Å². The first-order chi connectivity index (χ1) is 14.5. The predicted octanol–water partition coefficient (Wildman–Crippen LogP) is 5.34. The van der Waals surface area contributed by atoms with Gasteiger partial charge in [-0.1, -0.05) is 26.3 Å². The van der Waals surface area contributed by atoms with E-state index in [9.17, 15) is 9.59 Å². The standard InChI is InChI=1S/C23H30N2O4S/c1-5-7-11-22(26)24-16-9-8-10-20(14-16)30-21(6-2)23(27)25-17-12-18(28-3)15-19(13-17)29-4/h8-10,12-15,21H,5-7,11H2,1-4H3,(H,24,26)(H,25,27). The Bertz CT molecular complexity index is 835. The molecule has 2 aromatic carbocycles. The number of thioether (sulfide) groups is 1. The first kappa shape index (κ1) is 23.6. The number of unbranched alkanes of at least 4 members (excludes halogenated alkanes) is 1. The van der Waals surface area contributed by atoms with Crippen molar-refractivity contribution in [3.63, 3.8) is 0 Å². The second-order valence-electron chi connectivity index (χ2n) is 6.78. The zero-order valence-corrected chi connectivity index (χ0v) is 18.8. The summed E-state index contributed by atoms with van der Waals surface area (Å²) in [7, 11) is 3.14. The van der Waals surface area contributed by atoms with Crippen molar-refractivity contribution in [2.45, 2.75) is 49.7 Å². The lowest BCUT2D eigenvalue weighted by Gasteiger charge is -2.16. The molecule has 0 aliphatic rings. The number of carbonyl (C=O) groups excluding carboxylic acids is 2. The van der Waals surface area contributed by atoms with E-state index in [-0.39, 0.29) is 17.1 Å². The van der Waals surface area contributed by atoms with E-state index in [0.717, 1.165) is 23.4 Å². The Morgan fingerprint density at radius 2 is 1.67 bits per heavy atom. The fraction of sp³-hybridized carbons (Fsp3) is 0.391. The predicted molar refractivity (Wildman–Crippen MR) is 123 cm³/mol. The van der Waals surface area contributed by atoms with Crippen LogP contribution < -0.4 is 20.1 Å². The van der Waals surface area contributed by atoms with E-state index in [2.05, 4.69) is 17.6 Å². The summed E-state index contributed by atoms with van der Waals surface area (Å²) in [6.45, 7) is 4.03. The van der Waals surface area contributed by atoms with Gasteiger partial charge in [0.25, 0.3) is 0 Å². The largest absolute Gasteiger partial charge is 0.497 e. The number of rotatable bonds is 11. The van der Waals surface area contributed by atoms with Gasteiger partial charge >= 0.3 is 0 Å². The topological polar surface area (TPSA) is 76.7 Å². The van der Waals surface area contributed by atoms with Gasteiger partial charge in [0, 0.05) is 40.9 Å². The SMILES string of the molecule is CCCCC(=O)Nc1cccc(SC(CC)C(=O)Nc2cc(OC)cc(OC)c2)c1. The number of amides is 2. The summed E-state index contributed by atoms with van der Waals surface area (Å²) < 4.78 is 10.5. The number of carbonyl (C=O) groups is 2. The van der Waals surface area contributed by atoms with E-state index in [1.807, 2.05) is 31.2 Å². The number of benzene rings is 2. The van der Waals surface area contributed by atoms with E-state index >= 15 is 0 Å². The number of nitrogens with one attached hydrogen (secondary N) is 2. The van der Waals surface area contributed by atoms with Crippen LogP contribution in [0.15, 0.2) is 47.4 Å². The van der Waals surface area contributed by atoms with Crippen molar-refractivity contribution in [3.05, 3.63) is 42.5 Å². The number of hydrogen-bond donors (Lipinski definition) is 2. The Labute approximate surface area is 182 Å². The molecule has 1 unspecified atom stereocenters. The van der Waals surface area contributed by atoms with Crippen LogP contribution in [-0.2, 0) is 9.59 Å². The summed E-state index contributed by atoms with van der Waals surface area (Å²) in [5, 5.41) is 5.58. The van der Waals surface area contributed by atoms with Crippen molar-refractivity contribution >= 4 is 35.0 Å². The molecule has 0 bridgehead atoms. The molecular weight excluding hydrogens is 400 g/mol. The van der Waals surface area contributed by atoms with E-state index in [4.69, 9.17) is 9.47 Å². The van der Waals surface area contributed by atoms with Gasteiger partial charge in [0.05, 0.1) is 19.5 Å². The highest BCUT2D eigenvalue weighted by atomic mass is 32.2. The highest BCUT2D eigenvalue weighted by Gasteiger charge is 2.19. The minimum absolute atomic E-state index is 0.00996. The van der Waals surface area contributed by atoms with Gasteiger partial charge in [0.1, 0.15) is 11.5 Å². The summed E-state index contributed by atoms with van der Waals surface area (Å²) in [5.41, 5.74) is 1.36. The number of ether oxygens (including phenoxy) is 2. The molecule has 2 amide bonds. The molecule has 7 heteroatoms. The van der Waals surface area contributed by atoms with Gasteiger partial charge in [0.15, 0.2) is 0 Å². The lowest BCUT2D eigenvalue weighted by atomic mass is 10.2. The van der Waals surface area contributed by atoms with Crippen molar-refractivity contribution in [1.29, 1.82) is 0 Å². The van der Waals surface area contributed by atoms with Gasteiger partial charge < -0.3 is 20.1 Å². The Hall–Kier alpha value is -2.67. The van der Waals surface area contributed by atoms with Crippen LogP contribution in [0.2, 0.25) is 0 Å². The first-order valence-electron chi connectivity index (χ1n) is 10.1. The van der Waals surface area contributed by atoms with Crippen molar-refractivity contribution in [2.75, 3.05) is 24.9 Å². The molecule has 0 saturated heterocycles. The maximum absolute atomic E-state index is 12.8. The fourth-order valence-electron chi connectivity index (χ4n) is 2.80. The second kappa shape index (κ2) is 12.1. The third kappa shape index (κ3) is 7.30. The van der Waals surface area contributed by atoms with Crippen LogP contribution in [0.1, 0.15) is 39.5 Å². The molecule has 2 aromatic rings. The molecule has 2 N–H and O–H groups in total. The third-order valence-electron chi connectivity index (χ3n) is 4.44. The molecule has 0 spiro atoms. The van der Waals surface area contributed by atoms with Gasteiger partial charge in [-0.25, -0.2) is 0 Å². The fourth-order valence-corrected chi connectivity index (χ4v) is 3.81. The van der Waals surface area contributed by atoms with E-state index < -0.39 is 0 Å². The molecule has 1 atom stereocenters. The highest BCUT2D eigenvalue weighted by molar-refractivity contribution is 8.00. The summed E-state index contributed by atoms with van der Waals surface area (Å²) in [5.74, 6) is 1.12. The molecule has 0 aliphatic heterocycles. The van der Waals surface area contributed by atoms with Crippen molar-refractivity contribution in [3.8, 4) is 11.5 Å². The van der Waals surface area contributed by atoms with Gasteiger partial charge in [-0.3, -0.25) is 9.59 Å². The smallest absolute Gasteiger partial charge is 0.237 e. The monoisotopic (exact) mass is 430 g/mol. The van der Waals surface area contributed by atoms with Gasteiger partial charge in [-0.15, -0.1) is 11.8 Å². The van der Waals surface area contributed by atoms with Crippen LogP contribution in [0.4, 0.5) is 11.4 Å². The molecule has 0 saturated carbocycles. The van der Waals surface area contributed by atoms with Gasteiger partial charge in [-0.2, -0.15) is 0 Å². The summed E-state index contributed by atoms with van der Waals surface area (Å²) in [6.07, 6.45) is 3.02. The van der Waals surface area contributed by atoms with Crippen LogP contribution >= 0.6 is 11.8 Å². The second-order valence-corrected chi connectivity index (χ2v) is 8.06. The maximum atomic E-state index is 12.8. The van der Waals surface area contributed by atoms with Crippen molar-refractivity contribution in [1.82, 2.24) is 0 Å². The summed E-state index contributed by atoms with van der Waals surface area (Å²) in [6, 6.07) is 12.8. The molecule has 2 rings (SSSR count). The quantitative estimate of drug-likeness (QED) is 0.471. The van der Waals surface area contributed by atoms with E-state index in [1.54, 1.807) is 32.4 Å². The Balaban J connectivity index is 2.05. The lowest BCUT2D eigenvalue weighted by molar-refractivity contribution is -0.116. The summed E-state index contributed by atoms with van der Waals surface area (Å²) in [4.78, 5) is 25.7. The third-order valence-corrected chi connectivity index (χ3v) is 5.79. The summed E-state index contributed by atoms with van der Waals surface area (Å²) >= 11 is 1.47. The molecule has 30 heavy (non-hydrogen) atoms. The van der Waals surface area contributed by atoms with Gasteiger partial charge in [-0.05, 0) is 31.0 Å². The molecule has 0 heterocycles. The molecule has 0 fully saturated rings. The van der Waals surface area contributed by atoms with Gasteiger partial charge in [0.2, 0.25) is 11.8 Å². The molecular formula is C23H30N2O4S. The van der Waals surface area contributed by atoms with Crippen LogP contribution in [0.25, 0.3) is 0 Å². The van der Waals surface area contributed by atoms with E-state index in [1.165, 1.54) is 11.8 Å². The zero-order valence-electron chi connectivity index (χ0n) is 18.0. The molecule has 0 aromatic heterocycles. The zero-order chi connectivity index (χ0) is 21.9. The van der Waals surface area contributed by atoms with Crippen molar-refractivity contribution < 1.29 is 19.1 Å². The minimum Gasteiger partial charge on any atom is -0.497 e. The van der Waals surface area contributed by atoms with Crippen molar-refractivity contribution in [2.24, 2.45) is 0 Å². The Morgan fingerprint density at radius 1 is 0.967 bits per heavy atom. The van der Waals surface area contributed by atoms with Crippen LogP contribution in [0.5, 0.6) is 11.5 Å². The average molecular weight is 431 g/mol. The van der Waals surface area contributed by atoms with E-state index in [0.29, 0.717) is 30.0 Å². The number of methoxy groups -OCH3 is 2. The number of anilines is 2. The Morgan fingerprint density at radius 3 is 2.27 bits per heavy atom. The molecule has 6 nitrogen and oxygen atoms in total. The maximum Gasteiger partial charge on any atom is 0.237 e. The molecule has 0 aliphatic carbocycles. The molecule has 162 valence electrons. The highest BCUT2D eigenvalue weighted by Crippen LogP contribution is 2.30. The lowest BCUT2D eigenvalue weighted by Crippen LogP contribution is -2.24. The Kier molecular flexibility index (Phi) is 9.54. The minimum atomic E-state index is -0.284. The average Bonchev–Trinajstić information content (AvgIpc) is 2.75. The molecule has 0 radical (unpaired) electrons. The first-order valence-corrected chi connectivity index (χ1v) is 11.0. The van der Waals surface area contributed by atoms with Crippen LogP contribution in [0.3, 0.4) is 0 Å².